The Balaban J connectivity index is 1.04. The molecule has 4 saturated carbocycles. The molecule has 5 fully saturated rings. The molecule has 2 aliphatic heterocycles. The minimum absolute atomic E-state index is 0.00256. The molecule has 4 nitrogen and oxygen atoms in total. The number of hydrogen-bond acceptors (Lipinski definition) is 3. The molecular formula is C52H83N2O2+. The van der Waals surface area contributed by atoms with Gasteiger partial charge in [-0.25, -0.2) is 9.37 Å². The lowest BCUT2D eigenvalue weighted by Crippen LogP contribution is -2.40. The summed E-state index contributed by atoms with van der Waals surface area (Å²) in [6, 6.07) is 1.21. The zero-order valence-corrected chi connectivity index (χ0v) is 36.4. The summed E-state index contributed by atoms with van der Waals surface area (Å²) in [6.45, 7) is 6.79. The molecule has 1 saturated heterocycles. The quantitative estimate of drug-likeness (QED) is 0.0425. The number of likely N-dealkylation sites (tertiary alicyclic amines) is 1. The zero-order chi connectivity index (χ0) is 38.7. The van der Waals surface area contributed by atoms with Crippen LogP contribution >= 0.6 is 0 Å². The number of carbonyl (C=O) groups excluding carboxylic acids is 1. The molecule has 8 atom stereocenters. The summed E-state index contributed by atoms with van der Waals surface area (Å²) >= 11 is 0. The predicted molar refractivity (Wildman–Crippen MR) is 231 cm³/mol. The molecule has 0 spiro atoms. The Labute approximate surface area is 344 Å². The van der Waals surface area contributed by atoms with Crippen LogP contribution in [0.4, 0.5) is 0 Å². The number of hydrogen-bond donors (Lipinski definition) is 0. The number of Topliss-reactive ketones (excluding diaryl/α,β-unsaturated/α-hetero) is 1. The van der Waals surface area contributed by atoms with Crippen LogP contribution in [0.3, 0.4) is 0 Å². The molecule has 0 amide bonds. The van der Waals surface area contributed by atoms with Crippen molar-refractivity contribution in [2.75, 3.05) is 13.1 Å². The summed E-state index contributed by atoms with van der Waals surface area (Å²) in [7, 11) is 0. The molecule has 312 valence electrons. The Morgan fingerprint density at radius 2 is 1.14 bits per heavy atom. The van der Waals surface area contributed by atoms with Crippen molar-refractivity contribution in [3.8, 4) is 0 Å². The third-order valence-electron chi connectivity index (χ3n) is 16.4. The lowest BCUT2D eigenvalue weighted by molar-refractivity contribution is -0.568. The molecule has 0 N–H and O–H groups in total. The maximum Gasteiger partial charge on any atom is 0.323 e. The minimum Gasteiger partial charge on any atom is -0.811 e. The van der Waals surface area contributed by atoms with Crippen LogP contribution in [0.5, 0.6) is 0 Å². The lowest BCUT2D eigenvalue weighted by atomic mass is 9.64. The SMILES string of the molecule is CCCCCCCCCCCCN1/C(=C/C2=C([O-])C(=[C+]C3=[N+](CCCCCCCCCCCC)C4CCCC5CCCC3C54)C2=O)C2CCCC3CCCC1C32. The number of ketones is 1. The maximum absolute atomic E-state index is 14.2. The third-order valence-corrected chi connectivity index (χ3v) is 16.4. The summed E-state index contributed by atoms with van der Waals surface area (Å²) in [4.78, 5) is 16.9. The normalized spacial score (nSPS) is 32.3. The molecule has 0 aromatic carbocycles. The van der Waals surface area contributed by atoms with E-state index in [1.165, 1.54) is 217 Å². The van der Waals surface area contributed by atoms with Gasteiger partial charge < -0.3 is 10.0 Å². The van der Waals surface area contributed by atoms with Crippen LogP contribution < -0.4 is 5.11 Å². The first-order valence-electron chi connectivity index (χ1n) is 25.3. The number of unbranched alkanes of at least 4 members (excludes halogenated alkanes) is 18. The molecule has 0 aromatic heterocycles. The first-order chi connectivity index (χ1) is 27.6. The van der Waals surface area contributed by atoms with Gasteiger partial charge in [0.1, 0.15) is 18.2 Å². The van der Waals surface area contributed by atoms with E-state index in [0.29, 0.717) is 41.0 Å². The number of allylic oxidation sites excluding steroid dienone is 5. The van der Waals surface area contributed by atoms with Crippen molar-refractivity contribution in [3.05, 3.63) is 34.8 Å². The van der Waals surface area contributed by atoms with Crippen LogP contribution in [0.25, 0.3) is 0 Å². The molecule has 0 aromatic rings. The van der Waals surface area contributed by atoms with Gasteiger partial charge in [0.2, 0.25) is 5.57 Å². The molecule has 5 aliphatic carbocycles. The van der Waals surface area contributed by atoms with Gasteiger partial charge in [0.05, 0.1) is 11.7 Å². The van der Waals surface area contributed by atoms with Gasteiger partial charge in [0.15, 0.2) is 6.04 Å². The molecule has 7 rings (SSSR count). The van der Waals surface area contributed by atoms with Gasteiger partial charge in [-0.15, -0.1) is 0 Å². The predicted octanol–water partition coefficient (Wildman–Crippen LogP) is 12.6. The van der Waals surface area contributed by atoms with Gasteiger partial charge in [-0.05, 0) is 75.2 Å². The van der Waals surface area contributed by atoms with E-state index in [0.717, 1.165) is 30.8 Å². The van der Waals surface area contributed by atoms with Gasteiger partial charge in [0.25, 0.3) is 5.71 Å². The summed E-state index contributed by atoms with van der Waals surface area (Å²) in [6.07, 6.45) is 48.7. The lowest BCUT2D eigenvalue weighted by Gasteiger charge is -2.41. The minimum atomic E-state index is -0.00256. The summed E-state index contributed by atoms with van der Waals surface area (Å²) in [5, 5.41) is 14.2. The summed E-state index contributed by atoms with van der Waals surface area (Å²) in [5.74, 6) is 4.11. The monoisotopic (exact) mass is 768 g/mol. The highest BCUT2D eigenvalue weighted by molar-refractivity contribution is 6.22. The molecule has 0 bridgehead atoms. The van der Waals surface area contributed by atoms with E-state index in [9.17, 15) is 9.90 Å². The summed E-state index contributed by atoms with van der Waals surface area (Å²) in [5.41, 5.74) is 3.50. The van der Waals surface area contributed by atoms with Crippen molar-refractivity contribution in [1.82, 2.24) is 4.90 Å². The van der Waals surface area contributed by atoms with Crippen LogP contribution in [-0.2, 0) is 4.79 Å². The van der Waals surface area contributed by atoms with Gasteiger partial charge in [-0.2, -0.15) is 0 Å². The van der Waals surface area contributed by atoms with Crippen molar-refractivity contribution in [2.24, 2.45) is 35.5 Å². The highest BCUT2D eigenvalue weighted by atomic mass is 16.3. The Morgan fingerprint density at radius 1 is 0.625 bits per heavy atom. The van der Waals surface area contributed by atoms with Crippen molar-refractivity contribution >= 4 is 11.5 Å². The van der Waals surface area contributed by atoms with Crippen molar-refractivity contribution in [1.29, 1.82) is 0 Å². The van der Waals surface area contributed by atoms with Gasteiger partial charge in [-0.3, -0.25) is 0 Å². The van der Waals surface area contributed by atoms with E-state index in [2.05, 4.69) is 35.5 Å². The maximum atomic E-state index is 14.2. The number of nitrogens with zero attached hydrogens (tertiary/aromatic N) is 2. The molecule has 4 heteroatoms. The van der Waals surface area contributed by atoms with E-state index in [-0.39, 0.29) is 11.5 Å². The fraction of sp³-hybridized carbons (Fsp3) is 0.846. The van der Waals surface area contributed by atoms with Crippen molar-refractivity contribution in [2.45, 2.75) is 231 Å². The number of rotatable bonds is 24. The Kier molecular flexibility index (Phi) is 16.1. The van der Waals surface area contributed by atoms with Crippen LogP contribution in [-0.4, -0.2) is 46.1 Å². The first kappa shape index (κ1) is 42.2. The first-order valence-corrected chi connectivity index (χ1v) is 25.3. The highest BCUT2D eigenvalue weighted by Gasteiger charge is 2.57. The van der Waals surface area contributed by atoms with E-state index in [4.69, 9.17) is 0 Å². The molecule has 0 radical (unpaired) electrons. The van der Waals surface area contributed by atoms with Gasteiger partial charge >= 0.3 is 5.78 Å². The molecule has 7 aliphatic rings. The third kappa shape index (κ3) is 9.74. The van der Waals surface area contributed by atoms with Gasteiger partial charge in [-0.1, -0.05) is 155 Å². The second-order valence-corrected chi connectivity index (χ2v) is 20.0. The average Bonchev–Trinajstić information content (AvgIpc) is 3.70. The average molecular weight is 768 g/mol. The Morgan fingerprint density at radius 3 is 1.75 bits per heavy atom. The smallest absolute Gasteiger partial charge is 0.323 e. The topological polar surface area (TPSA) is 46.4 Å². The van der Waals surface area contributed by atoms with Crippen LogP contribution in [0.15, 0.2) is 28.7 Å². The Hall–Kier alpha value is -1.93. The van der Waals surface area contributed by atoms with E-state index >= 15 is 0 Å². The molecule has 8 unspecified atom stereocenters. The van der Waals surface area contributed by atoms with Gasteiger partial charge in [0, 0.05) is 43.0 Å². The van der Waals surface area contributed by atoms with E-state index < -0.39 is 0 Å². The molecule has 56 heavy (non-hydrogen) atoms. The highest BCUT2D eigenvalue weighted by Crippen LogP contribution is 2.55. The summed E-state index contributed by atoms with van der Waals surface area (Å²) < 4.78 is 2.71. The van der Waals surface area contributed by atoms with E-state index in [1.807, 2.05) is 0 Å². The fourth-order valence-corrected chi connectivity index (χ4v) is 13.6. The van der Waals surface area contributed by atoms with E-state index in [1.54, 1.807) is 0 Å². The molecular weight excluding hydrogens is 685 g/mol. The van der Waals surface area contributed by atoms with Crippen molar-refractivity contribution in [3.63, 3.8) is 0 Å². The van der Waals surface area contributed by atoms with Crippen molar-refractivity contribution < 1.29 is 14.5 Å². The van der Waals surface area contributed by atoms with Crippen LogP contribution in [0.2, 0.25) is 0 Å². The zero-order valence-electron chi connectivity index (χ0n) is 36.4. The van der Waals surface area contributed by atoms with Crippen LogP contribution in [0, 0.1) is 41.6 Å². The van der Waals surface area contributed by atoms with Crippen LogP contribution in [0.1, 0.15) is 219 Å². The second-order valence-electron chi connectivity index (χ2n) is 20.0. The number of carbonyl (C=O) groups is 1. The Bertz CT molecular complexity index is 1400. The molecule has 2 heterocycles. The second kappa shape index (κ2) is 21.4. The largest absolute Gasteiger partial charge is 0.811 e. The standard InChI is InChI=1S/C52H83N2O2/c1-3-5-7-9-11-13-15-17-19-21-35-53-45-33-25-29-39-27-23-31-41(49(39)45)47(53)37-43-51(55)44(52(43)56)38-48-42-32-24-28-40-30-26-34-46(50(40)42)54(48)36-22-20-18-16-14-12-10-8-6-4-2/h37,39-42,45-46,49-50H,3-36H2,1-2H3/q+1. The fourth-order valence-electron chi connectivity index (χ4n) is 13.6.